The summed E-state index contributed by atoms with van der Waals surface area (Å²) in [6.45, 7) is 2.89. The number of nitrogens with one attached hydrogen (secondary N) is 2. The molecular weight excluding hydrogens is 266 g/mol. The quantitative estimate of drug-likeness (QED) is 0.821. The minimum absolute atomic E-state index is 0.0953. The monoisotopic (exact) mass is 281 g/mol. The molecule has 19 heavy (non-hydrogen) atoms. The van der Waals surface area contributed by atoms with E-state index in [4.69, 9.17) is 16.3 Å². The van der Waals surface area contributed by atoms with Crippen LogP contribution in [0, 0.1) is 0 Å². The molecule has 0 bridgehead atoms. The zero-order valence-electron chi connectivity index (χ0n) is 10.4. The number of benzene rings is 1. The van der Waals surface area contributed by atoms with Gasteiger partial charge in [-0.05, 0) is 24.3 Å². The predicted molar refractivity (Wildman–Crippen MR) is 73.6 cm³/mol. The first-order valence-corrected chi connectivity index (χ1v) is 6.76. The molecule has 0 radical (unpaired) electrons. The number of urea groups is 1. The first-order valence-electron chi connectivity index (χ1n) is 6.39. The molecule has 2 heterocycles. The summed E-state index contributed by atoms with van der Waals surface area (Å²) in [4.78, 5) is 13.9. The Bertz CT molecular complexity index is 451. The normalized spacial score (nSPS) is 26.1. The van der Waals surface area contributed by atoms with Crippen molar-refractivity contribution < 1.29 is 9.53 Å². The molecule has 2 atom stereocenters. The molecule has 2 aliphatic rings. The van der Waals surface area contributed by atoms with Gasteiger partial charge in [0.25, 0.3) is 0 Å². The molecule has 0 saturated carbocycles. The van der Waals surface area contributed by atoms with E-state index in [1.54, 1.807) is 29.2 Å². The lowest BCUT2D eigenvalue weighted by molar-refractivity contribution is 0.0187. The zero-order chi connectivity index (χ0) is 13.2. The Morgan fingerprint density at radius 3 is 2.89 bits per heavy atom. The van der Waals surface area contributed by atoms with Gasteiger partial charge in [0.15, 0.2) is 0 Å². The molecule has 0 aliphatic carbocycles. The molecule has 2 saturated heterocycles. The van der Waals surface area contributed by atoms with Gasteiger partial charge in [-0.15, -0.1) is 0 Å². The van der Waals surface area contributed by atoms with Crippen molar-refractivity contribution >= 4 is 23.3 Å². The maximum atomic E-state index is 12.1. The summed E-state index contributed by atoms with van der Waals surface area (Å²) in [7, 11) is 0. The van der Waals surface area contributed by atoms with Gasteiger partial charge in [0, 0.05) is 23.8 Å². The molecule has 102 valence electrons. The van der Waals surface area contributed by atoms with Crippen LogP contribution >= 0.6 is 11.6 Å². The van der Waals surface area contributed by atoms with Crippen LogP contribution in [-0.4, -0.2) is 49.3 Å². The van der Waals surface area contributed by atoms with Crippen molar-refractivity contribution in [3.05, 3.63) is 29.3 Å². The molecule has 0 unspecified atom stereocenters. The van der Waals surface area contributed by atoms with Crippen molar-refractivity contribution in [2.75, 3.05) is 31.6 Å². The fourth-order valence-electron chi connectivity index (χ4n) is 2.50. The first-order chi connectivity index (χ1) is 9.22. The molecule has 2 fully saturated rings. The van der Waals surface area contributed by atoms with Gasteiger partial charge in [-0.2, -0.15) is 0 Å². The van der Waals surface area contributed by atoms with Gasteiger partial charge in [0.05, 0.1) is 25.3 Å². The summed E-state index contributed by atoms with van der Waals surface area (Å²) in [5.41, 5.74) is 0.748. The van der Waals surface area contributed by atoms with E-state index in [0.717, 1.165) is 12.2 Å². The lowest BCUT2D eigenvalue weighted by Crippen LogP contribution is -2.47. The van der Waals surface area contributed by atoms with E-state index >= 15 is 0 Å². The zero-order valence-corrected chi connectivity index (χ0v) is 11.2. The van der Waals surface area contributed by atoms with E-state index in [0.29, 0.717) is 24.7 Å². The number of nitrogens with zero attached hydrogens (tertiary/aromatic N) is 1. The van der Waals surface area contributed by atoms with Crippen LogP contribution in [0.1, 0.15) is 0 Å². The molecule has 2 amide bonds. The second-order valence-corrected chi connectivity index (χ2v) is 5.25. The highest BCUT2D eigenvalue weighted by Gasteiger charge is 2.37. The van der Waals surface area contributed by atoms with Crippen LogP contribution < -0.4 is 10.6 Å². The number of halogens is 1. The Kier molecular flexibility index (Phi) is 3.59. The third kappa shape index (κ3) is 2.83. The van der Waals surface area contributed by atoms with Crippen molar-refractivity contribution in [3.63, 3.8) is 0 Å². The van der Waals surface area contributed by atoms with Crippen LogP contribution in [0.25, 0.3) is 0 Å². The third-order valence-electron chi connectivity index (χ3n) is 3.49. The first kappa shape index (κ1) is 12.7. The van der Waals surface area contributed by atoms with E-state index in [2.05, 4.69) is 10.6 Å². The van der Waals surface area contributed by atoms with Gasteiger partial charge in [-0.1, -0.05) is 11.6 Å². The molecule has 2 aliphatic heterocycles. The van der Waals surface area contributed by atoms with E-state index in [9.17, 15) is 4.79 Å². The van der Waals surface area contributed by atoms with Gasteiger partial charge >= 0.3 is 6.03 Å². The van der Waals surface area contributed by atoms with Gasteiger partial charge in [0.2, 0.25) is 0 Å². The lowest BCUT2D eigenvalue weighted by atomic mass is 10.2. The average Bonchev–Trinajstić information content (AvgIpc) is 2.85. The SMILES string of the molecule is O=C(Nc1ccc(Cl)cc1)N1C[C@@H]2NCCO[C@H]2C1. The van der Waals surface area contributed by atoms with Crippen LogP contribution in [-0.2, 0) is 4.74 Å². The summed E-state index contributed by atoms with van der Waals surface area (Å²) in [5, 5.41) is 6.89. The fraction of sp³-hybridized carbons (Fsp3) is 0.462. The molecule has 3 rings (SSSR count). The summed E-state index contributed by atoms with van der Waals surface area (Å²) in [6, 6.07) is 7.25. The van der Waals surface area contributed by atoms with E-state index in [1.807, 2.05) is 0 Å². The van der Waals surface area contributed by atoms with Crippen LogP contribution in [0.4, 0.5) is 10.5 Å². The summed E-state index contributed by atoms with van der Waals surface area (Å²) in [5.74, 6) is 0. The second-order valence-electron chi connectivity index (χ2n) is 4.81. The fourth-order valence-corrected chi connectivity index (χ4v) is 2.62. The van der Waals surface area contributed by atoms with E-state index in [1.165, 1.54) is 0 Å². The number of ether oxygens (including phenoxy) is 1. The number of hydrogen-bond acceptors (Lipinski definition) is 3. The van der Waals surface area contributed by atoms with Crippen LogP contribution in [0.2, 0.25) is 5.02 Å². The van der Waals surface area contributed by atoms with E-state index < -0.39 is 0 Å². The van der Waals surface area contributed by atoms with Gasteiger partial charge < -0.3 is 20.3 Å². The standard InChI is InChI=1S/C13H16ClN3O2/c14-9-1-3-10(4-2-9)16-13(18)17-7-11-12(8-17)19-6-5-15-11/h1-4,11-12,15H,5-8H2,(H,16,18)/t11-,12-/m0/s1. The van der Waals surface area contributed by atoms with Crippen LogP contribution in [0.5, 0.6) is 0 Å². The highest BCUT2D eigenvalue weighted by molar-refractivity contribution is 6.30. The topological polar surface area (TPSA) is 53.6 Å². The third-order valence-corrected chi connectivity index (χ3v) is 3.74. The summed E-state index contributed by atoms with van der Waals surface area (Å²) < 4.78 is 5.65. The van der Waals surface area contributed by atoms with Crippen LogP contribution in [0.3, 0.4) is 0 Å². The summed E-state index contributed by atoms with van der Waals surface area (Å²) in [6.07, 6.45) is 0.115. The van der Waals surface area contributed by atoms with E-state index in [-0.39, 0.29) is 18.2 Å². The van der Waals surface area contributed by atoms with Gasteiger partial charge in [0.1, 0.15) is 0 Å². The Morgan fingerprint density at radius 2 is 2.16 bits per heavy atom. The molecule has 0 aromatic heterocycles. The highest BCUT2D eigenvalue weighted by Crippen LogP contribution is 2.18. The van der Waals surface area contributed by atoms with Gasteiger partial charge in [-0.25, -0.2) is 4.79 Å². The Hall–Kier alpha value is -1.30. The number of rotatable bonds is 1. The summed E-state index contributed by atoms with van der Waals surface area (Å²) >= 11 is 5.81. The number of carbonyl (C=O) groups excluding carboxylic acids is 1. The van der Waals surface area contributed by atoms with Crippen molar-refractivity contribution in [2.24, 2.45) is 0 Å². The molecule has 6 heteroatoms. The highest BCUT2D eigenvalue weighted by atomic mass is 35.5. The lowest BCUT2D eigenvalue weighted by Gasteiger charge is -2.25. The number of likely N-dealkylation sites (tertiary alicyclic amines) is 1. The van der Waals surface area contributed by atoms with Crippen molar-refractivity contribution in [2.45, 2.75) is 12.1 Å². The minimum atomic E-state index is -0.0953. The molecule has 1 aromatic carbocycles. The second kappa shape index (κ2) is 5.36. The number of anilines is 1. The number of amides is 2. The molecule has 2 N–H and O–H groups in total. The number of hydrogen-bond donors (Lipinski definition) is 2. The number of fused-ring (bicyclic) bond motifs is 1. The van der Waals surface area contributed by atoms with Crippen molar-refractivity contribution in [1.82, 2.24) is 10.2 Å². The molecule has 5 nitrogen and oxygen atoms in total. The minimum Gasteiger partial charge on any atom is -0.373 e. The number of morpholine rings is 1. The Labute approximate surface area is 116 Å². The molecule has 0 spiro atoms. The van der Waals surface area contributed by atoms with Crippen LogP contribution in [0.15, 0.2) is 24.3 Å². The van der Waals surface area contributed by atoms with Crippen molar-refractivity contribution in [3.8, 4) is 0 Å². The van der Waals surface area contributed by atoms with Crippen molar-refractivity contribution in [1.29, 1.82) is 0 Å². The smallest absolute Gasteiger partial charge is 0.321 e. The maximum Gasteiger partial charge on any atom is 0.321 e. The predicted octanol–water partition coefficient (Wildman–Crippen LogP) is 1.54. The van der Waals surface area contributed by atoms with Gasteiger partial charge in [-0.3, -0.25) is 0 Å². The Balaban J connectivity index is 1.60. The molecule has 1 aromatic rings. The largest absolute Gasteiger partial charge is 0.373 e. The number of carbonyl (C=O) groups is 1. The average molecular weight is 282 g/mol. The Morgan fingerprint density at radius 1 is 1.37 bits per heavy atom. The maximum absolute atomic E-state index is 12.1. The molecular formula is C13H16ClN3O2.